The van der Waals surface area contributed by atoms with E-state index in [9.17, 15) is 0 Å². The Kier molecular flexibility index (Phi) is 3.60. The van der Waals surface area contributed by atoms with Crippen LogP contribution in [-0.2, 0) is 12.8 Å². The third-order valence-corrected chi connectivity index (χ3v) is 4.90. The van der Waals surface area contributed by atoms with Crippen LogP contribution in [0, 0.1) is 0 Å². The molecule has 2 aromatic heterocycles. The van der Waals surface area contributed by atoms with E-state index in [0.29, 0.717) is 22.1 Å². The Balaban J connectivity index is 2.11. The Labute approximate surface area is 127 Å². The molecule has 2 aromatic rings. The van der Waals surface area contributed by atoms with Gasteiger partial charge in [-0.25, -0.2) is 15.8 Å². The van der Waals surface area contributed by atoms with Crippen LogP contribution in [0.1, 0.15) is 24.1 Å². The summed E-state index contributed by atoms with van der Waals surface area (Å²) in [4.78, 5) is 9.05. The molecule has 7 heteroatoms. The van der Waals surface area contributed by atoms with Crippen LogP contribution in [0.25, 0.3) is 11.6 Å². The molecule has 0 aromatic carbocycles. The minimum Gasteiger partial charge on any atom is -0.445 e. The second-order valence-electron chi connectivity index (χ2n) is 4.40. The smallest absolute Gasteiger partial charge is 0.198 e. The Hall–Kier alpha value is -0.920. The van der Waals surface area contributed by atoms with E-state index >= 15 is 0 Å². The van der Waals surface area contributed by atoms with Gasteiger partial charge in [0, 0.05) is 17.3 Å². The normalized spacial score (nSPS) is 14.3. The lowest BCUT2D eigenvalue weighted by Crippen LogP contribution is -2.17. The molecular weight excluding hydrogens is 376 g/mol. The first-order valence-electron chi connectivity index (χ1n) is 6.00. The maximum absolute atomic E-state index is 5.57. The molecule has 1 aliphatic rings. The largest absolute Gasteiger partial charge is 0.445 e. The molecule has 0 atom stereocenters. The fourth-order valence-corrected chi connectivity index (χ4v) is 2.86. The summed E-state index contributed by atoms with van der Waals surface area (Å²) in [5, 5.41) is 0. The van der Waals surface area contributed by atoms with E-state index in [4.69, 9.17) is 10.3 Å². The van der Waals surface area contributed by atoms with Gasteiger partial charge in [-0.2, -0.15) is 0 Å². The zero-order valence-electron chi connectivity index (χ0n) is 10.0. The van der Waals surface area contributed by atoms with Crippen LogP contribution in [0.5, 0.6) is 0 Å². The maximum atomic E-state index is 5.57. The second kappa shape index (κ2) is 5.22. The zero-order valence-corrected chi connectivity index (χ0v) is 13.2. The summed E-state index contributed by atoms with van der Waals surface area (Å²) in [5.41, 5.74) is 4.86. The highest BCUT2D eigenvalue weighted by Gasteiger charge is 2.20. The van der Waals surface area contributed by atoms with Gasteiger partial charge in [-0.05, 0) is 57.5 Å². The number of halogens is 2. The van der Waals surface area contributed by atoms with Crippen LogP contribution in [0.4, 0.5) is 5.82 Å². The van der Waals surface area contributed by atoms with Gasteiger partial charge < -0.3 is 9.84 Å². The number of furan rings is 1. The van der Waals surface area contributed by atoms with E-state index in [-0.39, 0.29) is 0 Å². The van der Waals surface area contributed by atoms with Crippen LogP contribution in [0.15, 0.2) is 19.6 Å². The van der Waals surface area contributed by atoms with Gasteiger partial charge in [0.25, 0.3) is 0 Å². The molecule has 5 nitrogen and oxygen atoms in total. The molecule has 0 saturated heterocycles. The number of nitrogen functional groups attached to an aromatic ring is 1. The van der Waals surface area contributed by atoms with Crippen molar-refractivity contribution >= 4 is 37.7 Å². The van der Waals surface area contributed by atoms with Crippen molar-refractivity contribution in [3.8, 4) is 11.6 Å². The number of fused-ring (bicyclic) bond motifs is 1. The lowest BCUT2D eigenvalue weighted by molar-refractivity contribution is 0.548. The van der Waals surface area contributed by atoms with Crippen molar-refractivity contribution in [1.29, 1.82) is 0 Å². The van der Waals surface area contributed by atoms with Crippen LogP contribution >= 0.6 is 31.9 Å². The van der Waals surface area contributed by atoms with Crippen molar-refractivity contribution in [3.63, 3.8) is 0 Å². The number of anilines is 1. The van der Waals surface area contributed by atoms with E-state index in [1.54, 1.807) is 0 Å². The van der Waals surface area contributed by atoms with Crippen molar-refractivity contribution in [1.82, 2.24) is 9.97 Å². The van der Waals surface area contributed by atoms with Gasteiger partial charge in [0.05, 0.1) is 4.47 Å². The molecule has 100 valence electrons. The van der Waals surface area contributed by atoms with Crippen molar-refractivity contribution in [3.05, 3.63) is 26.5 Å². The van der Waals surface area contributed by atoms with Gasteiger partial charge in [0.2, 0.25) is 0 Å². The topological polar surface area (TPSA) is 77.0 Å². The molecule has 1 aliphatic carbocycles. The van der Waals surface area contributed by atoms with Crippen molar-refractivity contribution in [2.45, 2.75) is 25.7 Å². The summed E-state index contributed by atoms with van der Waals surface area (Å²) in [5.74, 6) is 7.43. The summed E-state index contributed by atoms with van der Waals surface area (Å²) >= 11 is 6.70. The van der Waals surface area contributed by atoms with Crippen LogP contribution in [0.3, 0.4) is 0 Å². The van der Waals surface area contributed by atoms with E-state index in [2.05, 4.69) is 47.3 Å². The van der Waals surface area contributed by atoms with E-state index in [0.717, 1.165) is 41.4 Å². The van der Waals surface area contributed by atoms with E-state index < -0.39 is 0 Å². The number of hydrazine groups is 1. The SMILES string of the molecule is NNc1nc(-c2cc(Br)c(Br)o2)nc2c1CCCC2. The van der Waals surface area contributed by atoms with Crippen LogP contribution in [-0.4, -0.2) is 9.97 Å². The number of nitrogens with one attached hydrogen (secondary N) is 1. The van der Waals surface area contributed by atoms with Gasteiger partial charge >= 0.3 is 0 Å². The summed E-state index contributed by atoms with van der Waals surface area (Å²) < 4.78 is 7.04. The minimum absolute atomic E-state index is 0.556. The molecule has 0 saturated carbocycles. The summed E-state index contributed by atoms with van der Waals surface area (Å²) in [7, 11) is 0. The molecule has 0 spiro atoms. The molecule has 2 heterocycles. The van der Waals surface area contributed by atoms with Gasteiger partial charge in [-0.1, -0.05) is 0 Å². The minimum atomic E-state index is 0.556. The number of aromatic nitrogens is 2. The molecular formula is C12H12Br2N4O. The summed E-state index contributed by atoms with van der Waals surface area (Å²) in [6.07, 6.45) is 4.24. The highest BCUT2D eigenvalue weighted by molar-refractivity contribution is 9.13. The first kappa shape index (κ1) is 13.1. The van der Waals surface area contributed by atoms with Gasteiger partial charge in [0.1, 0.15) is 5.82 Å². The zero-order chi connectivity index (χ0) is 13.4. The molecule has 0 unspecified atom stereocenters. The fourth-order valence-electron chi connectivity index (χ4n) is 2.28. The lowest BCUT2D eigenvalue weighted by Gasteiger charge is -2.18. The molecule has 0 bridgehead atoms. The van der Waals surface area contributed by atoms with Gasteiger partial charge in [0.15, 0.2) is 16.3 Å². The first-order valence-corrected chi connectivity index (χ1v) is 7.59. The summed E-state index contributed by atoms with van der Waals surface area (Å²) in [6, 6.07) is 1.84. The summed E-state index contributed by atoms with van der Waals surface area (Å²) in [6.45, 7) is 0. The molecule has 0 radical (unpaired) electrons. The Bertz CT molecular complexity index is 590. The Morgan fingerprint density at radius 2 is 2.00 bits per heavy atom. The molecule has 3 N–H and O–H groups in total. The maximum Gasteiger partial charge on any atom is 0.198 e. The second-order valence-corrected chi connectivity index (χ2v) is 5.98. The fraction of sp³-hybridized carbons (Fsp3) is 0.333. The molecule has 0 aliphatic heterocycles. The number of aryl methyl sites for hydroxylation is 1. The van der Waals surface area contributed by atoms with Gasteiger partial charge in [-0.3, -0.25) is 0 Å². The highest BCUT2D eigenvalue weighted by Crippen LogP contribution is 2.33. The van der Waals surface area contributed by atoms with Gasteiger partial charge in [-0.15, -0.1) is 0 Å². The van der Waals surface area contributed by atoms with E-state index in [1.807, 2.05) is 6.07 Å². The third kappa shape index (κ3) is 2.42. The number of hydrogen-bond donors (Lipinski definition) is 2. The highest BCUT2D eigenvalue weighted by atomic mass is 79.9. The lowest BCUT2D eigenvalue weighted by atomic mass is 9.96. The average Bonchev–Trinajstić information content (AvgIpc) is 2.77. The van der Waals surface area contributed by atoms with Crippen molar-refractivity contribution in [2.24, 2.45) is 5.84 Å². The first-order chi connectivity index (χ1) is 9.19. The number of nitrogens with zero attached hydrogens (tertiary/aromatic N) is 2. The molecule has 19 heavy (non-hydrogen) atoms. The van der Waals surface area contributed by atoms with Crippen LogP contribution < -0.4 is 11.3 Å². The number of hydrogen-bond acceptors (Lipinski definition) is 5. The predicted molar refractivity (Wildman–Crippen MR) is 79.6 cm³/mol. The Morgan fingerprint density at radius 1 is 1.21 bits per heavy atom. The van der Waals surface area contributed by atoms with Crippen molar-refractivity contribution in [2.75, 3.05) is 5.43 Å². The average molecular weight is 388 g/mol. The Morgan fingerprint density at radius 3 is 2.68 bits per heavy atom. The standard InChI is InChI=1S/C12H12Br2N4O/c13-7-5-9(19-10(7)14)12-16-8-4-2-1-3-6(8)11(17-12)18-15/h5H,1-4,15H2,(H,16,17,18). The molecule has 0 fully saturated rings. The number of rotatable bonds is 2. The molecule has 0 amide bonds. The number of nitrogens with two attached hydrogens (primary N) is 1. The quantitative estimate of drug-likeness (QED) is 0.609. The van der Waals surface area contributed by atoms with E-state index in [1.165, 1.54) is 0 Å². The van der Waals surface area contributed by atoms with Crippen molar-refractivity contribution < 1.29 is 4.42 Å². The third-order valence-electron chi connectivity index (χ3n) is 3.19. The monoisotopic (exact) mass is 386 g/mol. The van der Waals surface area contributed by atoms with Crippen LogP contribution in [0.2, 0.25) is 0 Å². The molecule has 3 rings (SSSR count). The predicted octanol–water partition coefficient (Wildman–Crippen LogP) is 3.43.